The summed E-state index contributed by atoms with van der Waals surface area (Å²) in [6.45, 7) is 20.8. The number of methoxy groups -OCH3 is 2. The maximum Gasteiger partial charge on any atom is 0.286 e. The number of carbonyl (C=O) groups excluding carboxylic acids is 6. The highest BCUT2D eigenvalue weighted by Gasteiger charge is 2.49. The first kappa shape index (κ1) is 44.5. The van der Waals surface area contributed by atoms with E-state index in [1.165, 1.54) is 45.5 Å². The molecule has 1 aliphatic heterocycles. The standard InChI is InChI=1S/C41H57N5O8S/c1-15-17-19-43(20-18-16-2)39-42-34(33-29(53-13)21-24(3)22-30(33)54-14)31(55-39)23-28-25(4)32(36(50)44(26(5)47)41(10,11)12)37(51)46(35(28)49)45(27(6)48)38(52)40(7,8)9/h21-23H,15-20H2,1-14H3/b28-23-. The van der Waals surface area contributed by atoms with Crippen molar-refractivity contribution < 1.29 is 38.2 Å². The summed E-state index contributed by atoms with van der Waals surface area (Å²) in [4.78, 5) is 92.4. The molecule has 0 fully saturated rings. The zero-order valence-corrected chi connectivity index (χ0v) is 35.7. The molecule has 0 N–H and O–H groups in total. The maximum absolute atomic E-state index is 14.7. The first-order chi connectivity index (χ1) is 25.6. The highest BCUT2D eigenvalue weighted by molar-refractivity contribution is 7.17. The monoisotopic (exact) mass is 779 g/mol. The van der Waals surface area contributed by atoms with Crippen molar-refractivity contribution in [3.05, 3.63) is 39.3 Å². The van der Waals surface area contributed by atoms with Crippen LogP contribution in [0.5, 0.6) is 11.5 Å². The Balaban J connectivity index is 2.57. The molecule has 0 spiro atoms. The number of amides is 6. The summed E-state index contributed by atoms with van der Waals surface area (Å²) in [5, 5.41) is 1.58. The van der Waals surface area contributed by atoms with E-state index < -0.39 is 52.0 Å². The Hall–Kier alpha value is -4.85. The molecule has 300 valence electrons. The third kappa shape index (κ3) is 9.52. The molecule has 0 saturated carbocycles. The van der Waals surface area contributed by atoms with E-state index >= 15 is 0 Å². The van der Waals surface area contributed by atoms with Gasteiger partial charge in [-0.15, -0.1) is 0 Å². The molecule has 55 heavy (non-hydrogen) atoms. The summed E-state index contributed by atoms with van der Waals surface area (Å²) in [6.07, 6.45) is 5.27. The van der Waals surface area contributed by atoms with Crippen LogP contribution in [0.2, 0.25) is 0 Å². The molecule has 1 aliphatic rings. The molecule has 14 heteroatoms. The summed E-state index contributed by atoms with van der Waals surface area (Å²) in [6, 6.07) is 3.69. The van der Waals surface area contributed by atoms with Crippen molar-refractivity contribution in [2.75, 3.05) is 32.2 Å². The second-order valence-electron chi connectivity index (χ2n) is 15.6. The quantitative estimate of drug-likeness (QED) is 0.117. The fourth-order valence-electron chi connectivity index (χ4n) is 6.24. The van der Waals surface area contributed by atoms with E-state index in [-0.39, 0.29) is 11.1 Å². The lowest BCUT2D eigenvalue weighted by Crippen LogP contribution is -2.61. The second kappa shape index (κ2) is 17.7. The molecule has 0 bridgehead atoms. The fraction of sp³-hybridized carbons (Fsp3) is 0.537. The van der Waals surface area contributed by atoms with E-state index in [4.69, 9.17) is 14.5 Å². The highest BCUT2D eigenvalue weighted by Crippen LogP contribution is 2.45. The minimum Gasteiger partial charge on any atom is -0.496 e. The number of aromatic nitrogens is 1. The van der Waals surface area contributed by atoms with Gasteiger partial charge in [0.05, 0.1) is 30.4 Å². The Morgan fingerprint density at radius 2 is 1.38 bits per heavy atom. The van der Waals surface area contributed by atoms with Crippen LogP contribution in [-0.2, 0) is 28.8 Å². The van der Waals surface area contributed by atoms with Crippen LogP contribution in [0.15, 0.2) is 28.9 Å². The number of carbonyl (C=O) groups is 6. The third-order valence-electron chi connectivity index (χ3n) is 8.98. The fourth-order valence-corrected chi connectivity index (χ4v) is 7.30. The van der Waals surface area contributed by atoms with Crippen LogP contribution in [0, 0.1) is 12.3 Å². The molecule has 1 aromatic heterocycles. The van der Waals surface area contributed by atoms with Gasteiger partial charge in [0, 0.05) is 43.5 Å². The molecule has 0 atom stereocenters. The molecule has 13 nitrogen and oxygen atoms in total. The highest BCUT2D eigenvalue weighted by atomic mass is 32.1. The minimum absolute atomic E-state index is 0.0315. The smallest absolute Gasteiger partial charge is 0.286 e. The molecular weight excluding hydrogens is 723 g/mol. The number of hydrogen-bond acceptors (Lipinski definition) is 11. The zero-order chi connectivity index (χ0) is 41.7. The number of ether oxygens (including phenoxy) is 2. The Morgan fingerprint density at radius 1 is 0.855 bits per heavy atom. The molecule has 0 radical (unpaired) electrons. The van der Waals surface area contributed by atoms with Crippen molar-refractivity contribution in [1.82, 2.24) is 19.9 Å². The zero-order valence-electron chi connectivity index (χ0n) is 34.9. The summed E-state index contributed by atoms with van der Waals surface area (Å²) in [5.41, 5.74) is -1.19. The van der Waals surface area contributed by atoms with Crippen molar-refractivity contribution in [3.63, 3.8) is 0 Å². The van der Waals surface area contributed by atoms with E-state index in [1.54, 1.807) is 41.5 Å². The number of benzene rings is 1. The van der Waals surface area contributed by atoms with Gasteiger partial charge in [-0.1, -0.05) is 58.8 Å². The SMILES string of the molecule is CCCCN(CCCC)c1nc(-c2c(OC)cc(C)cc2OC)c(/C=C2\C(=O)N(N(C(C)=O)C(=O)C(C)(C)C)C(=O)C(C(=O)N(C(C)=O)C(C)(C)C)=C2C)s1. The van der Waals surface area contributed by atoms with Crippen molar-refractivity contribution in [2.45, 2.75) is 114 Å². The Bertz CT molecular complexity index is 1880. The van der Waals surface area contributed by atoms with Crippen molar-refractivity contribution in [3.8, 4) is 22.8 Å². The van der Waals surface area contributed by atoms with Crippen LogP contribution >= 0.6 is 11.3 Å². The van der Waals surface area contributed by atoms with Gasteiger partial charge in [-0.2, -0.15) is 10.0 Å². The van der Waals surface area contributed by atoms with Crippen LogP contribution in [0.3, 0.4) is 0 Å². The average molecular weight is 780 g/mol. The molecule has 0 unspecified atom stereocenters. The summed E-state index contributed by atoms with van der Waals surface area (Å²) in [5.74, 6) is -4.64. The molecule has 0 saturated heterocycles. The molecule has 6 amide bonds. The molecule has 2 aromatic rings. The summed E-state index contributed by atoms with van der Waals surface area (Å²) < 4.78 is 11.7. The number of hydrazine groups is 1. The third-order valence-corrected chi connectivity index (χ3v) is 10.0. The van der Waals surface area contributed by atoms with Crippen molar-refractivity contribution >= 4 is 58.0 Å². The number of anilines is 1. The lowest BCUT2D eigenvalue weighted by atomic mass is 9.91. The number of thiazole rings is 1. The van der Waals surface area contributed by atoms with Gasteiger partial charge in [0.2, 0.25) is 11.8 Å². The number of nitrogens with zero attached hydrogens (tertiary/aromatic N) is 5. The van der Waals surface area contributed by atoms with Gasteiger partial charge in [-0.25, -0.2) is 4.98 Å². The van der Waals surface area contributed by atoms with Gasteiger partial charge in [0.25, 0.3) is 23.6 Å². The largest absolute Gasteiger partial charge is 0.496 e. The van der Waals surface area contributed by atoms with Crippen LogP contribution in [0.1, 0.15) is 112 Å². The number of unbranched alkanes of at least 4 members (excludes halogenated alkanes) is 2. The van der Waals surface area contributed by atoms with Gasteiger partial charge in [-0.05, 0) is 76.8 Å². The minimum atomic E-state index is -1.22. The molecule has 0 aliphatic carbocycles. The Morgan fingerprint density at radius 3 is 1.80 bits per heavy atom. The summed E-state index contributed by atoms with van der Waals surface area (Å²) >= 11 is 1.31. The predicted molar refractivity (Wildman–Crippen MR) is 214 cm³/mol. The van der Waals surface area contributed by atoms with E-state index in [9.17, 15) is 28.8 Å². The van der Waals surface area contributed by atoms with E-state index in [2.05, 4.69) is 18.7 Å². The number of rotatable bonds is 13. The Labute approximate surface area is 329 Å². The van der Waals surface area contributed by atoms with Crippen LogP contribution in [0.4, 0.5) is 5.13 Å². The van der Waals surface area contributed by atoms with E-state index in [0.717, 1.165) is 56.2 Å². The van der Waals surface area contributed by atoms with Crippen molar-refractivity contribution in [1.29, 1.82) is 0 Å². The number of hydrogen-bond donors (Lipinski definition) is 0. The van der Waals surface area contributed by atoms with Crippen LogP contribution in [0.25, 0.3) is 17.3 Å². The molecule has 2 heterocycles. The van der Waals surface area contributed by atoms with Gasteiger partial charge in [0.1, 0.15) is 17.1 Å². The molecule has 1 aromatic carbocycles. The van der Waals surface area contributed by atoms with Gasteiger partial charge < -0.3 is 14.4 Å². The van der Waals surface area contributed by atoms with E-state index in [0.29, 0.717) is 42.8 Å². The average Bonchev–Trinajstić information content (AvgIpc) is 3.49. The first-order valence-corrected chi connectivity index (χ1v) is 19.4. The molecular formula is C41H57N5O8S. The Kier molecular flexibility index (Phi) is 14.4. The van der Waals surface area contributed by atoms with Gasteiger partial charge in [0.15, 0.2) is 5.13 Å². The first-order valence-electron chi connectivity index (χ1n) is 18.6. The number of imide groups is 3. The lowest BCUT2D eigenvalue weighted by Gasteiger charge is -2.39. The van der Waals surface area contributed by atoms with E-state index in [1.807, 2.05) is 19.1 Å². The maximum atomic E-state index is 14.7. The lowest BCUT2D eigenvalue weighted by molar-refractivity contribution is -0.180. The second-order valence-corrected chi connectivity index (χ2v) is 16.7. The molecule has 3 rings (SSSR count). The van der Waals surface area contributed by atoms with Crippen LogP contribution < -0.4 is 14.4 Å². The summed E-state index contributed by atoms with van der Waals surface area (Å²) in [7, 11) is 3.07. The van der Waals surface area contributed by atoms with Crippen molar-refractivity contribution in [2.24, 2.45) is 5.41 Å². The van der Waals surface area contributed by atoms with Gasteiger partial charge >= 0.3 is 0 Å². The predicted octanol–water partition coefficient (Wildman–Crippen LogP) is 7.12. The normalized spacial score (nSPS) is 14.4. The van der Waals surface area contributed by atoms with Gasteiger partial charge in [-0.3, -0.25) is 33.7 Å². The topological polar surface area (TPSA) is 147 Å². The van der Waals surface area contributed by atoms with Crippen LogP contribution in [-0.4, -0.2) is 88.2 Å². The number of aryl methyl sites for hydroxylation is 1.